The van der Waals surface area contributed by atoms with Gasteiger partial charge in [-0.05, 0) is 25.7 Å². The van der Waals surface area contributed by atoms with E-state index in [4.69, 9.17) is 4.74 Å². The standard InChI is InChI=1S/C11H20N4O/c1-10(11-2-8-16-9-3-11)12-4-6-15-7-5-13-14-15/h5,7,10-12H,2-4,6,8-9H2,1H3. The number of hydrogen-bond donors (Lipinski definition) is 1. The molecule has 90 valence electrons. The summed E-state index contributed by atoms with van der Waals surface area (Å²) in [5, 5.41) is 11.3. The Morgan fingerprint density at radius 1 is 1.50 bits per heavy atom. The summed E-state index contributed by atoms with van der Waals surface area (Å²) in [6.07, 6.45) is 5.96. The highest BCUT2D eigenvalue weighted by Crippen LogP contribution is 2.18. The highest BCUT2D eigenvalue weighted by molar-refractivity contribution is 4.75. The van der Waals surface area contributed by atoms with Crippen LogP contribution in [0.1, 0.15) is 19.8 Å². The largest absolute Gasteiger partial charge is 0.381 e. The van der Waals surface area contributed by atoms with Crippen molar-refractivity contribution in [3.05, 3.63) is 12.4 Å². The predicted molar refractivity (Wildman–Crippen MR) is 61.0 cm³/mol. The molecule has 1 aromatic heterocycles. The second-order valence-corrected chi connectivity index (χ2v) is 4.36. The van der Waals surface area contributed by atoms with Gasteiger partial charge >= 0.3 is 0 Å². The van der Waals surface area contributed by atoms with Crippen molar-refractivity contribution < 1.29 is 4.74 Å². The fourth-order valence-electron chi connectivity index (χ4n) is 2.14. The number of aromatic nitrogens is 3. The van der Waals surface area contributed by atoms with Crippen LogP contribution in [0.15, 0.2) is 12.4 Å². The molecule has 1 saturated heterocycles. The van der Waals surface area contributed by atoms with Gasteiger partial charge in [-0.15, -0.1) is 5.10 Å². The van der Waals surface area contributed by atoms with Crippen molar-refractivity contribution in [2.75, 3.05) is 19.8 Å². The van der Waals surface area contributed by atoms with Gasteiger partial charge in [-0.25, -0.2) is 0 Å². The first-order chi connectivity index (χ1) is 7.86. The number of rotatable bonds is 5. The minimum Gasteiger partial charge on any atom is -0.381 e. The molecule has 0 aliphatic carbocycles. The fourth-order valence-corrected chi connectivity index (χ4v) is 2.14. The Labute approximate surface area is 96.2 Å². The normalized spacial score (nSPS) is 19.8. The Hall–Kier alpha value is -0.940. The van der Waals surface area contributed by atoms with Crippen molar-refractivity contribution in [3.8, 4) is 0 Å². The molecule has 2 rings (SSSR count). The molecule has 0 amide bonds. The molecule has 0 bridgehead atoms. The molecule has 1 atom stereocenters. The lowest BCUT2D eigenvalue weighted by Gasteiger charge is -2.28. The van der Waals surface area contributed by atoms with E-state index in [0.717, 1.165) is 32.2 Å². The van der Waals surface area contributed by atoms with Gasteiger partial charge in [0, 0.05) is 32.0 Å². The zero-order valence-corrected chi connectivity index (χ0v) is 9.80. The lowest BCUT2D eigenvalue weighted by atomic mass is 9.93. The number of nitrogens with zero attached hydrogens (tertiary/aromatic N) is 3. The van der Waals surface area contributed by atoms with Gasteiger partial charge in [0.15, 0.2) is 0 Å². The van der Waals surface area contributed by atoms with E-state index in [1.165, 1.54) is 12.8 Å². The monoisotopic (exact) mass is 224 g/mol. The molecule has 1 N–H and O–H groups in total. The van der Waals surface area contributed by atoms with Crippen LogP contribution in [-0.4, -0.2) is 40.8 Å². The molecule has 0 saturated carbocycles. The van der Waals surface area contributed by atoms with Crippen molar-refractivity contribution in [3.63, 3.8) is 0 Å². The number of ether oxygens (including phenoxy) is 1. The van der Waals surface area contributed by atoms with Crippen LogP contribution in [0, 0.1) is 5.92 Å². The summed E-state index contributed by atoms with van der Waals surface area (Å²) in [7, 11) is 0. The van der Waals surface area contributed by atoms with Crippen LogP contribution in [0.3, 0.4) is 0 Å². The number of hydrogen-bond acceptors (Lipinski definition) is 4. The molecule has 2 heterocycles. The first-order valence-corrected chi connectivity index (χ1v) is 6.01. The van der Waals surface area contributed by atoms with Gasteiger partial charge in [-0.2, -0.15) is 0 Å². The Morgan fingerprint density at radius 2 is 2.31 bits per heavy atom. The van der Waals surface area contributed by atoms with Crippen LogP contribution in [0.5, 0.6) is 0 Å². The van der Waals surface area contributed by atoms with Crippen molar-refractivity contribution in [2.24, 2.45) is 5.92 Å². The zero-order valence-electron chi connectivity index (χ0n) is 9.80. The van der Waals surface area contributed by atoms with E-state index < -0.39 is 0 Å². The quantitative estimate of drug-likeness (QED) is 0.799. The summed E-state index contributed by atoms with van der Waals surface area (Å²) in [4.78, 5) is 0. The van der Waals surface area contributed by atoms with Crippen LogP contribution in [0.2, 0.25) is 0 Å². The molecule has 1 fully saturated rings. The third-order valence-electron chi connectivity index (χ3n) is 3.25. The molecule has 0 spiro atoms. The third-order valence-corrected chi connectivity index (χ3v) is 3.25. The van der Waals surface area contributed by atoms with E-state index in [1.54, 1.807) is 6.20 Å². The van der Waals surface area contributed by atoms with Crippen molar-refractivity contribution >= 4 is 0 Å². The Morgan fingerprint density at radius 3 is 3.00 bits per heavy atom. The first-order valence-electron chi connectivity index (χ1n) is 6.01. The van der Waals surface area contributed by atoms with E-state index in [9.17, 15) is 0 Å². The van der Waals surface area contributed by atoms with Crippen LogP contribution >= 0.6 is 0 Å². The van der Waals surface area contributed by atoms with Crippen LogP contribution < -0.4 is 5.32 Å². The van der Waals surface area contributed by atoms with Gasteiger partial charge in [0.05, 0.1) is 12.7 Å². The maximum absolute atomic E-state index is 5.36. The molecule has 1 aliphatic heterocycles. The average molecular weight is 224 g/mol. The van der Waals surface area contributed by atoms with Gasteiger partial charge in [0.25, 0.3) is 0 Å². The van der Waals surface area contributed by atoms with Crippen molar-refractivity contribution in [2.45, 2.75) is 32.4 Å². The smallest absolute Gasteiger partial charge is 0.0692 e. The average Bonchev–Trinajstić information content (AvgIpc) is 2.83. The molecule has 16 heavy (non-hydrogen) atoms. The van der Waals surface area contributed by atoms with E-state index in [1.807, 2.05) is 10.9 Å². The minimum atomic E-state index is 0.562. The van der Waals surface area contributed by atoms with Gasteiger partial charge in [-0.1, -0.05) is 5.21 Å². The van der Waals surface area contributed by atoms with E-state index in [2.05, 4.69) is 22.6 Å². The Bertz CT molecular complexity index is 282. The number of nitrogens with one attached hydrogen (secondary N) is 1. The molecule has 1 unspecified atom stereocenters. The molecular formula is C11H20N4O. The van der Waals surface area contributed by atoms with Crippen molar-refractivity contribution in [1.29, 1.82) is 0 Å². The zero-order chi connectivity index (χ0) is 11.2. The van der Waals surface area contributed by atoms with Gasteiger partial charge in [-0.3, -0.25) is 4.68 Å². The Balaban J connectivity index is 1.65. The van der Waals surface area contributed by atoms with Crippen molar-refractivity contribution in [1.82, 2.24) is 20.3 Å². The van der Waals surface area contributed by atoms with Crippen LogP contribution in [-0.2, 0) is 11.3 Å². The summed E-state index contributed by atoms with van der Waals surface area (Å²) in [6.45, 7) is 5.92. The van der Waals surface area contributed by atoms with E-state index >= 15 is 0 Å². The molecule has 5 nitrogen and oxygen atoms in total. The van der Waals surface area contributed by atoms with E-state index in [-0.39, 0.29) is 0 Å². The summed E-state index contributed by atoms with van der Waals surface area (Å²) in [5.41, 5.74) is 0. The maximum Gasteiger partial charge on any atom is 0.0692 e. The summed E-state index contributed by atoms with van der Waals surface area (Å²) >= 11 is 0. The van der Waals surface area contributed by atoms with E-state index in [0.29, 0.717) is 6.04 Å². The molecule has 0 radical (unpaired) electrons. The van der Waals surface area contributed by atoms with Gasteiger partial charge in [0.1, 0.15) is 0 Å². The maximum atomic E-state index is 5.36. The Kier molecular flexibility index (Phi) is 4.30. The molecule has 0 aromatic carbocycles. The predicted octanol–water partition coefficient (Wildman–Crippen LogP) is 0.683. The van der Waals surface area contributed by atoms with Crippen LogP contribution in [0.25, 0.3) is 0 Å². The third kappa shape index (κ3) is 3.28. The van der Waals surface area contributed by atoms with Gasteiger partial charge in [0.2, 0.25) is 0 Å². The first kappa shape index (κ1) is 11.5. The fraction of sp³-hybridized carbons (Fsp3) is 0.818. The summed E-state index contributed by atoms with van der Waals surface area (Å²) < 4.78 is 7.21. The van der Waals surface area contributed by atoms with Crippen LogP contribution in [0.4, 0.5) is 0 Å². The summed E-state index contributed by atoms with van der Waals surface area (Å²) in [6, 6.07) is 0.562. The lowest BCUT2D eigenvalue weighted by molar-refractivity contribution is 0.0559. The topological polar surface area (TPSA) is 52.0 Å². The molecular weight excluding hydrogens is 204 g/mol. The molecule has 5 heteroatoms. The summed E-state index contributed by atoms with van der Waals surface area (Å²) in [5.74, 6) is 0.754. The highest BCUT2D eigenvalue weighted by atomic mass is 16.5. The minimum absolute atomic E-state index is 0.562. The molecule has 1 aliphatic rings. The van der Waals surface area contributed by atoms with Gasteiger partial charge < -0.3 is 10.1 Å². The molecule has 1 aromatic rings. The second-order valence-electron chi connectivity index (χ2n) is 4.36. The second kappa shape index (κ2) is 5.96. The SMILES string of the molecule is CC(NCCn1ccnn1)C1CCOCC1. The highest BCUT2D eigenvalue weighted by Gasteiger charge is 2.19. The lowest BCUT2D eigenvalue weighted by Crippen LogP contribution is -2.38.